The number of carboxylic acid groups (broad SMARTS) is 1. The summed E-state index contributed by atoms with van der Waals surface area (Å²) in [6.07, 6.45) is 1.44. The average Bonchev–Trinajstić information content (AvgIpc) is 3.12. The van der Waals surface area contributed by atoms with Crippen molar-refractivity contribution in [3.8, 4) is 5.75 Å². The van der Waals surface area contributed by atoms with Gasteiger partial charge in [-0.1, -0.05) is 0 Å². The molecule has 1 saturated carbocycles. The zero-order valence-electron chi connectivity index (χ0n) is 10.3. The summed E-state index contributed by atoms with van der Waals surface area (Å²) in [4.78, 5) is 24.2. The fraction of sp³-hybridized carbons (Fsp3) is 0.385. The van der Waals surface area contributed by atoms with E-state index in [2.05, 4.69) is 0 Å². The highest BCUT2D eigenvalue weighted by molar-refractivity contribution is 5.84. The van der Waals surface area contributed by atoms with Crippen molar-refractivity contribution in [2.24, 2.45) is 0 Å². The van der Waals surface area contributed by atoms with Crippen LogP contribution in [0.5, 0.6) is 5.75 Å². The summed E-state index contributed by atoms with van der Waals surface area (Å²) in [5.74, 6) is -2.68. The number of benzene rings is 1. The zero-order valence-corrected chi connectivity index (χ0v) is 10.3. The van der Waals surface area contributed by atoms with Crippen molar-refractivity contribution < 1.29 is 24.2 Å². The molecular formula is C13H14FNO4. The third-order valence-corrected chi connectivity index (χ3v) is 3.10. The molecule has 1 amide bonds. The molecule has 6 heteroatoms. The van der Waals surface area contributed by atoms with Crippen molar-refractivity contribution >= 4 is 11.9 Å². The van der Waals surface area contributed by atoms with Gasteiger partial charge in [0.2, 0.25) is 5.91 Å². The predicted octanol–water partition coefficient (Wildman–Crippen LogP) is 1.67. The molecule has 1 aliphatic carbocycles. The Balaban J connectivity index is 2.47. The third kappa shape index (κ3) is 2.67. The van der Waals surface area contributed by atoms with Gasteiger partial charge in [0.25, 0.3) is 0 Å². The van der Waals surface area contributed by atoms with E-state index in [0.717, 1.165) is 31.0 Å². The molecule has 0 heterocycles. The summed E-state index contributed by atoms with van der Waals surface area (Å²) < 4.78 is 13.2. The fourth-order valence-corrected chi connectivity index (χ4v) is 2.15. The molecule has 0 spiro atoms. The van der Waals surface area contributed by atoms with Gasteiger partial charge >= 0.3 is 5.97 Å². The van der Waals surface area contributed by atoms with Crippen molar-refractivity contribution in [2.75, 3.05) is 0 Å². The molecule has 1 aliphatic rings. The van der Waals surface area contributed by atoms with Crippen LogP contribution in [-0.4, -0.2) is 33.0 Å². The second kappa shape index (κ2) is 4.87. The number of rotatable bonds is 4. The molecule has 19 heavy (non-hydrogen) atoms. The molecule has 1 aromatic rings. The SMILES string of the molecule is CC(=O)N(C1CC1)C(C(=O)O)c1cc(F)ccc1O. The second-order valence-electron chi connectivity index (χ2n) is 4.60. The molecule has 1 unspecified atom stereocenters. The normalized spacial score (nSPS) is 15.9. The molecule has 2 N–H and O–H groups in total. The summed E-state index contributed by atoms with van der Waals surface area (Å²) >= 11 is 0. The van der Waals surface area contributed by atoms with Gasteiger partial charge in [0.05, 0.1) is 0 Å². The number of phenolic OH excluding ortho intramolecular Hbond substituents is 1. The summed E-state index contributed by atoms with van der Waals surface area (Å²) in [6, 6.07) is 1.56. The quantitative estimate of drug-likeness (QED) is 0.869. The van der Waals surface area contributed by atoms with Crippen LogP contribution >= 0.6 is 0 Å². The fourth-order valence-electron chi connectivity index (χ4n) is 2.15. The third-order valence-electron chi connectivity index (χ3n) is 3.10. The van der Waals surface area contributed by atoms with Crippen LogP contribution in [0.1, 0.15) is 31.4 Å². The number of aliphatic carboxylic acids is 1. The van der Waals surface area contributed by atoms with Gasteiger partial charge in [0, 0.05) is 18.5 Å². The van der Waals surface area contributed by atoms with Crippen molar-refractivity contribution in [1.29, 1.82) is 0 Å². The van der Waals surface area contributed by atoms with E-state index in [1.807, 2.05) is 0 Å². The van der Waals surface area contributed by atoms with Crippen LogP contribution in [0.2, 0.25) is 0 Å². The number of carboxylic acids is 1. The minimum Gasteiger partial charge on any atom is -0.508 e. The van der Waals surface area contributed by atoms with Crippen molar-refractivity contribution in [3.05, 3.63) is 29.6 Å². The van der Waals surface area contributed by atoms with E-state index in [0.29, 0.717) is 0 Å². The largest absolute Gasteiger partial charge is 0.508 e. The summed E-state index contributed by atoms with van der Waals surface area (Å²) in [6.45, 7) is 1.27. The zero-order chi connectivity index (χ0) is 14.2. The van der Waals surface area contributed by atoms with E-state index in [-0.39, 0.29) is 17.4 Å². The van der Waals surface area contributed by atoms with Gasteiger partial charge in [-0.15, -0.1) is 0 Å². The molecule has 0 saturated heterocycles. The van der Waals surface area contributed by atoms with Gasteiger partial charge in [0.15, 0.2) is 6.04 Å². The highest BCUT2D eigenvalue weighted by Gasteiger charge is 2.41. The van der Waals surface area contributed by atoms with E-state index in [1.54, 1.807) is 0 Å². The Morgan fingerprint density at radius 3 is 2.53 bits per heavy atom. The van der Waals surface area contributed by atoms with Crippen LogP contribution in [0.3, 0.4) is 0 Å². The lowest BCUT2D eigenvalue weighted by atomic mass is 10.0. The maximum Gasteiger partial charge on any atom is 0.331 e. The minimum atomic E-state index is -1.36. The van der Waals surface area contributed by atoms with Crippen LogP contribution < -0.4 is 0 Å². The lowest BCUT2D eigenvalue weighted by Crippen LogP contribution is -2.39. The molecule has 5 nitrogen and oxygen atoms in total. The highest BCUT2D eigenvalue weighted by Crippen LogP contribution is 2.37. The van der Waals surface area contributed by atoms with E-state index in [1.165, 1.54) is 11.8 Å². The molecule has 102 valence electrons. The second-order valence-corrected chi connectivity index (χ2v) is 4.60. The Hall–Kier alpha value is -2.11. The van der Waals surface area contributed by atoms with Gasteiger partial charge in [0.1, 0.15) is 11.6 Å². The van der Waals surface area contributed by atoms with Crippen LogP contribution in [0.15, 0.2) is 18.2 Å². The van der Waals surface area contributed by atoms with Crippen molar-refractivity contribution in [2.45, 2.75) is 31.8 Å². The Kier molecular flexibility index (Phi) is 3.42. The first-order valence-corrected chi connectivity index (χ1v) is 5.92. The summed E-state index contributed by atoms with van der Waals surface area (Å²) in [5, 5.41) is 19.0. The van der Waals surface area contributed by atoms with Crippen LogP contribution in [0.4, 0.5) is 4.39 Å². The van der Waals surface area contributed by atoms with Gasteiger partial charge in [-0.3, -0.25) is 4.79 Å². The number of hydrogen-bond acceptors (Lipinski definition) is 3. The number of aromatic hydroxyl groups is 1. The number of hydrogen-bond donors (Lipinski definition) is 2. The standard InChI is InChI=1S/C13H14FNO4/c1-7(16)15(9-3-4-9)12(13(18)19)10-6-8(14)2-5-11(10)17/h2,5-6,9,12,17H,3-4H2,1H3,(H,18,19). The Morgan fingerprint density at radius 1 is 1.42 bits per heavy atom. The van der Waals surface area contributed by atoms with Gasteiger partial charge in [-0.2, -0.15) is 0 Å². The maximum atomic E-state index is 13.2. The van der Waals surface area contributed by atoms with Crippen molar-refractivity contribution in [1.82, 2.24) is 4.90 Å². The number of carbonyl (C=O) groups excluding carboxylic acids is 1. The summed E-state index contributed by atoms with van der Waals surface area (Å²) in [7, 11) is 0. The molecule has 1 fully saturated rings. The Bertz CT molecular complexity index is 527. The number of phenols is 1. The van der Waals surface area contributed by atoms with E-state index >= 15 is 0 Å². The number of carbonyl (C=O) groups is 2. The average molecular weight is 267 g/mol. The molecule has 2 rings (SSSR count). The van der Waals surface area contributed by atoms with E-state index < -0.39 is 23.7 Å². The first kappa shape index (κ1) is 13.3. The summed E-state index contributed by atoms with van der Waals surface area (Å²) in [5.41, 5.74) is -0.102. The highest BCUT2D eigenvalue weighted by atomic mass is 19.1. The maximum absolute atomic E-state index is 13.2. The molecule has 0 aromatic heterocycles. The monoisotopic (exact) mass is 267 g/mol. The van der Waals surface area contributed by atoms with E-state index in [9.17, 15) is 24.2 Å². The minimum absolute atomic E-state index is 0.102. The molecule has 0 radical (unpaired) electrons. The van der Waals surface area contributed by atoms with E-state index in [4.69, 9.17) is 0 Å². The van der Waals surface area contributed by atoms with Gasteiger partial charge < -0.3 is 15.1 Å². The Labute approximate surface area is 109 Å². The lowest BCUT2D eigenvalue weighted by Gasteiger charge is -2.28. The van der Waals surface area contributed by atoms with Crippen LogP contribution in [0.25, 0.3) is 0 Å². The number of amides is 1. The number of halogens is 1. The van der Waals surface area contributed by atoms with Crippen LogP contribution in [-0.2, 0) is 9.59 Å². The van der Waals surface area contributed by atoms with Gasteiger partial charge in [-0.25, -0.2) is 9.18 Å². The lowest BCUT2D eigenvalue weighted by molar-refractivity contribution is -0.150. The molecular weight excluding hydrogens is 253 g/mol. The predicted molar refractivity (Wildman–Crippen MR) is 64.0 cm³/mol. The molecule has 0 aliphatic heterocycles. The smallest absolute Gasteiger partial charge is 0.331 e. The molecule has 0 bridgehead atoms. The number of nitrogens with zero attached hydrogens (tertiary/aromatic N) is 1. The van der Waals surface area contributed by atoms with Crippen LogP contribution in [0, 0.1) is 5.82 Å². The molecule has 1 aromatic carbocycles. The van der Waals surface area contributed by atoms with Crippen molar-refractivity contribution in [3.63, 3.8) is 0 Å². The topological polar surface area (TPSA) is 77.8 Å². The molecule has 1 atom stereocenters. The Morgan fingerprint density at radius 2 is 2.05 bits per heavy atom. The first-order valence-electron chi connectivity index (χ1n) is 5.92. The first-order chi connectivity index (χ1) is 8.91. The van der Waals surface area contributed by atoms with Gasteiger partial charge in [-0.05, 0) is 31.0 Å².